The van der Waals surface area contributed by atoms with Gasteiger partial charge in [-0.2, -0.15) is 0 Å². The van der Waals surface area contributed by atoms with Crippen molar-refractivity contribution in [1.82, 2.24) is 9.80 Å². The van der Waals surface area contributed by atoms with E-state index in [4.69, 9.17) is 14.6 Å². The van der Waals surface area contributed by atoms with Gasteiger partial charge in [0.25, 0.3) is 5.91 Å². The first-order valence-corrected chi connectivity index (χ1v) is 14.1. The van der Waals surface area contributed by atoms with Crippen LogP contribution in [0.1, 0.15) is 39.0 Å². The second-order valence-corrected chi connectivity index (χ2v) is 10.8. The maximum absolute atomic E-state index is 14.4. The molecular weight excluding hydrogens is 498 g/mol. The van der Waals surface area contributed by atoms with Gasteiger partial charge >= 0.3 is 0 Å². The van der Waals surface area contributed by atoms with Crippen LogP contribution in [-0.2, 0) is 19.1 Å². The van der Waals surface area contributed by atoms with Crippen molar-refractivity contribution in [3.63, 3.8) is 0 Å². The molecule has 0 saturated carbocycles. The minimum Gasteiger partial charge on any atom is -0.497 e. The molecule has 0 radical (unpaired) electrons. The van der Waals surface area contributed by atoms with E-state index in [1.165, 1.54) is 0 Å². The number of methoxy groups -OCH3 is 1. The highest BCUT2D eigenvalue weighted by Gasteiger charge is 2.71. The van der Waals surface area contributed by atoms with Gasteiger partial charge in [0.15, 0.2) is 0 Å². The van der Waals surface area contributed by atoms with Crippen molar-refractivity contribution in [3.8, 4) is 5.75 Å². The summed E-state index contributed by atoms with van der Waals surface area (Å²) in [5, 5.41) is 9.15. The normalized spacial score (nSPS) is 29.8. The third-order valence-corrected chi connectivity index (χ3v) is 8.43. The number of hydrogen-bond donors (Lipinski definition) is 1. The maximum atomic E-state index is 14.4. The average Bonchev–Trinajstić information content (AvgIpc) is 3.25. The highest BCUT2D eigenvalue weighted by Crippen LogP contribution is 2.53. The van der Waals surface area contributed by atoms with Crippen molar-refractivity contribution in [2.24, 2.45) is 11.8 Å². The zero-order valence-electron chi connectivity index (χ0n) is 22.8. The van der Waals surface area contributed by atoms with Gasteiger partial charge in [0.1, 0.15) is 17.4 Å². The largest absolute Gasteiger partial charge is 0.497 e. The lowest BCUT2D eigenvalue weighted by Crippen LogP contribution is -2.55. The van der Waals surface area contributed by atoms with Gasteiger partial charge in [0.2, 0.25) is 11.8 Å². The zero-order valence-corrected chi connectivity index (χ0v) is 22.8. The molecule has 4 aliphatic heterocycles. The first kappa shape index (κ1) is 27.4. The lowest BCUT2D eigenvalue weighted by molar-refractivity contribution is -0.144. The fourth-order valence-corrected chi connectivity index (χ4v) is 6.64. The van der Waals surface area contributed by atoms with Gasteiger partial charge in [-0.15, -0.1) is 0 Å². The maximum Gasteiger partial charge on any atom is 0.253 e. The molecule has 2 saturated heterocycles. The summed E-state index contributed by atoms with van der Waals surface area (Å²) >= 11 is 0. The summed E-state index contributed by atoms with van der Waals surface area (Å²) in [6.45, 7) is 4.00. The van der Waals surface area contributed by atoms with Crippen LogP contribution in [-0.4, -0.2) is 90.3 Å². The SMILES string of the molecule is CCCN1CC=C[C@@H]2O[C@]34C=CCN(c5ccc(OC)cc5)C(=O)C3N(CCCCCCO)C(=O)[C@@H]4[C@@H]2C1=O. The minimum atomic E-state index is -1.22. The number of nitrogens with zero attached hydrogens (tertiary/aromatic N) is 3. The second-order valence-electron chi connectivity index (χ2n) is 10.8. The molecule has 0 bridgehead atoms. The highest BCUT2D eigenvalue weighted by atomic mass is 16.5. The quantitative estimate of drug-likeness (QED) is 0.364. The molecule has 5 rings (SSSR count). The van der Waals surface area contributed by atoms with Gasteiger partial charge in [-0.3, -0.25) is 14.4 Å². The monoisotopic (exact) mass is 537 g/mol. The van der Waals surface area contributed by atoms with E-state index in [2.05, 4.69) is 0 Å². The van der Waals surface area contributed by atoms with Gasteiger partial charge in [-0.25, -0.2) is 0 Å². The molecule has 1 aromatic rings. The number of rotatable bonds is 10. The number of ether oxygens (including phenoxy) is 2. The Labute approximate surface area is 230 Å². The Morgan fingerprint density at radius 3 is 2.46 bits per heavy atom. The predicted octanol–water partition coefficient (Wildman–Crippen LogP) is 2.54. The van der Waals surface area contributed by atoms with E-state index in [-0.39, 0.29) is 24.3 Å². The third kappa shape index (κ3) is 4.76. The van der Waals surface area contributed by atoms with Gasteiger partial charge in [-0.05, 0) is 43.5 Å². The molecular formula is C30H39N3O6. The number of hydrogen-bond acceptors (Lipinski definition) is 6. The summed E-state index contributed by atoms with van der Waals surface area (Å²) in [5.41, 5.74) is -0.510. The van der Waals surface area contributed by atoms with Crippen LogP contribution in [0.3, 0.4) is 0 Å². The molecule has 1 N–H and O–H groups in total. The van der Waals surface area contributed by atoms with E-state index < -0.39 is 29.6 Å². The molecule has 2 fully saturated rings. The molecule has 1 spiro atoms. The van der Waals surface area contributed by atoms with Crippen LogP contribution in [0.15, 0.2) is 48.6 Å². The van der Waals surface area contributed by atoms with Crippen molar-refractivity contribution in [2.45, 2.75) is 56.8 Å². The highest BCUT2D eigenvalue weighted by molar-refractivity contribution is 6.05. The molecule has 4 aliphatic rings. The molecule has 210 valence electrons. The lowest BCUT2D eigenvalue weighted by atomic mass is 9.77. The van der Waals surface area contributed by atoms with Crippen LogP contribution in [0, 0.1) is 11.8 Å². The van der Waals surface area contributed by atoms with E-state index in [0.29, 0.717) is 50.5 Å². The zero-order chi connectivity index (χ0) is 27.6. The van der Waals surface area contributed by atoms with Crippen molar-refractivity contribution in [1.29, 1.82) is 0 Å². The third-order valence-electron chi connectivity index (χ3n) is 8.43. The molecule has 9 heteroatoms. The molecule has 0 aromatic heterocycles. The summed E-state index contributed by atoms with van der Waals surface area (Å²) in [6, 6.07) is 6.42. The van der Waals surface area contributed by atoms with Crippen molar-refractivity contribution in [2.75, 3.05) is 44.8 Å². The fraction of sp³-hybridized carbons (Fsp3) is 0.567. The number of aliphatic hydroxyl groups is 1. The number of carbonyl (C=O) groups is 3. The summed E-state index contributed by atoms with van der Waals surface area (Å²) in [4.78, 5) is 47.5. The number of amides is 3. The topological polar surface area (TPSA) is 99.6 Å². The standard InChI is InChI=1S/C30H39N3O6/c1-3-16-31-17-8-10-23-24(27(31)35)25-28(36)33(18-6-4-5-7-20-34)26-29(37)32(19-9-15-30(25,26)39-23)21-11-13-22(38-2)14-12-21/h8-15,23-26,34H,3-7,16-20H2,1-2H3/t23-,24+,25-,26?,30-/m0/s1. The van der Waals surface area contributed by atoms with E-state index in [1.54, 1.807) is 21.8 Å². The van der Waals surface area contributed by atoms with Crippen molar-refractivity contribution < 1.29 is 29.0 Å². The Kier molecular flexibility index (Phi) is 8.09. The van der Waals surface area contributed by atoms with Gasteiger partial charge in [-0.1, -0.05) is 44.1 Å². The Morgan fingerprint density at radius 1 is 0.974 bits per heavy atom. The molecule has 9 nitrogen and oxygen atoms in total. The molecule has 4 heterocycles. The molecule has 39 heavy (non-hydrogen) atoms. The fourth-order valence-electron chi connectivity index (χ4n) is 6.64. The number of benzene rings is 1. The van der Waals surface area contributed by atoms with Crippen LogP contribution in [0.5, 0.6) is 5.75 Å². The first-order chi connectivity index (χ1) is 19.0. The molecule has 3 amide bonds. The lowest BCUT2D eigenvalue weighted by Gasteiger charge is -2.35. The number of aliphatic hydroxyl groups excluding tert-OH is 1. The van der Waals surface area contributed by atoms with Crippen LogP contribution in [0.4, 0.5) is 5.69 Å². The van der Waals surface area contributed by atoms with Gasteiger partial charge in [0.05, 0.1) is 25.0 Å². The van der Waals surface area contributed by atoms with Gasteiger partial charge < -0.3 is 29.3 Å². The number of likely N-dealkylation sites (tertiary alicyclic amines) is 1. The van der Waals surface area contributed by atoms with Gasteiger partial charge in [0, 0.05) is 38.5 Å². The first-order valence-electron chi connectivity index (χ1n) is 14.1. The second kappa shape index (κ2) is 11.5. The van der Waals surface area contributed by atoms with E-state index in [1.807, 2.05) is 55.5 Å². The Morgan fingerprint density at radius 2 is 1.74 bits per heavy atom. The van der Waals surface area contributed by atoms with Crippen LogP contribution in [0.2, 0.25) is 0 Å². The smallest absolute Gasteiger partial charge is 0.253 e. The number of fused-ring (bicyclic) bond motifs is 2. The Balaban J connectivity index is 1.52. The Hall–Kier alpha value is -3.17. The predicted molar refractivity (Wildman–Crippen MR) is 146 cm³/mol. The molecule has 0 aliphatic carbocycles. The number of carbonyl (C=O) groups excluding carboxylic acids is 3. The number of anilines is 1. The number of unbranched alkanes of at least 4 members (excludes halogenated alkanes) is 3. The van der Waals surface area contributed by atoms with Crippen molar-refractivity contribution in [3.05, 3.63) is 48.6 Å². The summed E-state index contributed by atoms with van der Waals surface area (Å²) in [6.07, 6.45) is 11.0. The van der Waals surface area contributed by atoms with E-state index in [9.17, 15) is 14.4 Å². The van der Waals surface area contributed by atoms with E-state index in [0.717, 1.165) is 19.3 Å². The van der Waals surface area contributed by atoms with Crippen LogP contribution < -0.4 is 9.64 Å². The molecule has 5 atom stereocenters. The van der Waals surface area contributed by atoms with Crippen molar-refractivity contribution >= 4 is 23.4 Å². The summed E-state index contributed by atoms with van der Waals surface area (Å²) in [5.74, 6) is -1.23. The van der Waals surface area contributed by atoms with Crippen LogP contribution in [0.25, 0.3) is 0 Å². The molecule has 1 unspecified atom stereocenters. The minimum absolute atomic E-state index is 0.0808. The molecule has 1 aromatic carbocycles. The van der Waals surface area contributed by atoms with E-state index >= 15 is 0 Å². The van der Waals surface area contributed by atoms with Crippen LogP contribution >= 0.6 is 0 Å². The summed E-state index contributed by atoms with van der Waals surface area (Å²) < 4.78 is 12.0. The average molecular weight is 538 g/mol. The Bertz CT molecular complexity index is 1130. The summed E-state index contributed by atoms with van der Waals surface area (Å²) in [7, 11) is 1.60.